The first-order chi connectivity index (χ1) is 7.25. The Labute approximate surface area is 101 Å². The summed E-state index contributed by atoms with van der Waals surface area (Å²) in [6.45, 7) is 0.723. The van der Waals surface area contributed by atoms with Crippen molar-refractivity contribution in [2.45, 2.75) is 38.3 Å². The van der Waals surface area contributed by atoms with Crippen molar-refractivity contribution >= 4 is 33.2 Å². The first kappa shape index (κ1) is 9.78. The Balaban J connectivity index is 1.86. The highest BCUT2D eigenvalue weighted by atomic mass is 79.9. The van der Waals surface area contributed by atoms with Crippen molar-refractivity contribution in [1.29, 1.82) is 0 Å². The maximum absolute atomic E-state index is 12.1. The van der Waals surface area contributed by atoms with Gasteiger partial charge in [-0.2, -0.15) is 0 Å². The molecule has 80 valence electrons. The Morgan fingerprint density at radius 2 is 2.13 bits per heavy atom. The van der Waals surface area contributed by atoms with Crippen molar-refractivity contribution in [2.75, 3.05) is 0 Å². The number of hydrogen-bond donors (Lipinski definition) is 0. The van der Waals surface area contributed by atoms with E-state index in [0.29, 0.717) is 6.04 Å². The largest absolute Gasteiger partial charge is 0.329 e. The van der Waals surface area contributed by atoms with E-state index in [-0.39, 0.29) is 5.91 Å². The summed E-state index contributed by atoms with van der Waals surface area (Å²) in [5.41, 5.74) is 0.962. The summed E-state index contributed by atoms with van der Waals surface area (Å²) in [6, 6.07) is 0.470. The van der Waals surface area contributed by atoms with E-state index in [1.54, 1.807) is 0 Å². The summed E-state index contributed by atoms with van der Waals surface area (Å²) in [4.78, 5) is 19.3. The van der Waals surface area contributed by atoms with Gasteiger partial charge in [0, 0.05) is 6.04 Å². The number of thiazole rings is 1. The molecule has 0 N–H and O–H groups in total. The summed E-state index contributed by atoms with van der Waals surface area (Å²) in [5.74, 6) is 0.195. The fourth-order valence-electron chi connectivity index (χ4n) is 2.47. The normalized spacial score (nSPS) is 21.4. The molecule has 0 saturated heterocycles. The van der Waals surface area contributed by atoms with E-state index in [1.807, 2.05) is 4.90 Å². The van der Waals surface area contributed by atoms with Crippen LogP contribution in [-0.2, 0) is 6.54 Å². The van der Waals surface area contributed by atoms with Crippen LogP contribution >= 0.6 is 27.3 Å². The monoisotopic (exact) mass is 286 g/mol. The lowest BCUT2D eigenvalue weighted by Gasteiger charge is -2.22. The highest BCUT2D eigenvalue weighted by Crippen LogP contribution is 2.35. The van der Waals surface area contributed by atoms with E-state index >= 15 is 0 Å². The number of rotatable bonds is 1. The van der Waals surface area contributed by atoms with Gasteiger partial charge in [0.15, 0.2) is 3.92 Å². The van der Waals surface area contributed by atoms with E-state index < -0.39 is 0 Å². The highest BCUT2D eigenvalue weighted by Gasteiger charge is 2.36. The molecule has 0 radical (unpaired) electrons. The van der Waals surface area contributed by atoms with Crippen LogP contribution in [0.2, 0.25) is 0 Å². The minimum absolute atomic E-state index is 0.195. The van der Waals surface area contributed by atoms with Gasteiger partial charge in [-0.05, 0) is 28.8 Å². The average molecular weight is 287 g/mol. The Hall–Kier alpha value is -0.420. The molecule has 1 aromatic heterocycles. The number of amides is 1. The fraction of sp³-hybridized carbons (Fsp3) is 0.600. The molecule has 0 atom stereocenters. The number of carbonyl (C=O) groups is 1. The fourth-order valence-corrected chi connectivity index (χ4v) is 3.93. The van der Waals surface area contributed by atoms with Gasteiger partial charge in [-0.3, -0.25) is 4.79 Å². The first-order valence-electron chi connectivity index (χ1n) is 5.22. The molecule has 0 unspecified atom stereocenters. The maximum atomic E-state index is 12.1. The second kappa shape index (κ2) is 3.56. The Kier molecular flexibility index (Phi) is 2.32. The van der Waals surface area contributed by atoms with E-state index in [9.17, 15) is 4.79 Å². The minimum Gasteiger partial charge on any atom is -0.329 e. The predicted octanol–water partition coefficient (Wildman–Crippen LogP) is 2.80. The first-order valence-corrected chi connectivity index (χ1v) is 6.83. The van der Waals surface area contributed by atoms with Crippen LogP contribution in [0.5, 0.6) is 0 Å². The topological polar surface area (TPSA) is 33.2 Å². The number of aromatic nitrogens is 1. The summed E-state index contributed by atoms with van der Waals surface area (Å²) in [5, 5.41) is 0. The lowest BCUT2D eigenvalue weighted by atomic mass is 10.2. The molecule has 3 rings (SSSR count). The SMILES string of the molecule is O=C1c2sc(Br)nc2CN1C1CCCC1. The zero-order valence-electron chi connectivity index (χ0n) is 8.20. The molecule has 0 aromatic carbocycles. The summed E-state index contributed by atoms with van der Waals surface area (Å²) < 4.78 is 0.826. The Bertz CT molecular complexity index is 412. The van der Waals surface area contributed by atoms with Crippen LogP contribution in [0.4, 0.5) is 0 Å². The van der Waals surface area contributed by atoms with Crippen molar-refractivity contribution in [3.8, 4) is 0 Å². The number of halogens is 1. The third kappa shape index (κ3) is 1.52. The van der Waals surface area contributed by atoms with Crippen LogP contribution in [0, 0.1) is 0 Å². The van der Waals surface area contributed by atoms with Crippen LogP contribution < -0.4 is 0 Å². The molecule has 1 amide bonds. The third-order valence-electron chi connectivity index (χ3n) is 3.21. The molecule has 1 fully saturated rings. The second-order valence-electron chi connectivity index (χ2n) is 4.11. The average Bonchev–Trinajstić information content (AvgIpc) is 2.84. The molecule has 2 heterocycles. The summed E-state index contributed by atoms with van der Waals surface area (Å²) >= 11 is 4.79. The van der Waals surface area contributed by atoms with Crippen LogP contribution in [0.15, 0.2) is 3.92 Å². The predicted molar refractivity (Wildman–Crippen MR) is 61.9 cm³/mol. The van der Waals surface area contributed by atoms with Gasteiger partial charge in [0.25, 0.3) is 5.91 Å². The lowest BCUT2D eigenvalue weighted by molar-refractivity contribution is 0.0709. The van der Waals surface area contributed by atoms with Crippen LogP contribution in [0.1, 0.15) is 41.0 Å². The molecule has 3 nitrogen and oxygen atoms in total. The van der Waals surface area contributed by atoms with Crippen molar-refractivity contribution in [3.63, 3.8) is 0 Å². The number of carbonyl (C=O) groups excluding carboxylic acids is 1. The van der Waals surface area contributed by atoms with Crippen LogP contribution in [0.25, 0.3) is 0 Å². The maximum Gasteiger partial charge on any atom is 0.266 e. The zero-order valence-corrected chi connectivity index (χ0v) is 10.6. The molecule has 1 saturated carbocycles. The van der Waals surface area contributed by atoms with Gasteiger partial charge >= 0.3 is 0 Å². The van der Waals surface area contributed by atoms with Crippen molar-refractivity contribution in [2.24, 2.45) is 0 Å². The van der Waals surface area contributed by atoms with Crippen molar-refractivity contribution in [1.82, 2.24) is 9.88 Å². The summed E-state index contributed by atoms with van der Waals surface area (Å²) in [7, 11) is 0. The van der Waals surface area contributed by atoms with Crippen LogP contribution in [-0.4, -0.2) is 21.8 Å². The second-order valence-corrected chi connectivity index (χ2v) is 6.39. The molecular formula is C10H11BrN2OS. The molecule has 1 aromatic rings. The highest BCUT2D eigenvalue weighted by molar-refractivity contribution is 9.11. The van der Waals surface area contributed by atoms with E-state index in [4.69, 9.17) is 0 Å². The van der Waals surface area contributed by atoms with Gasteiger partial charge in [-0.15, -0.1) is 11.3 Å². The summed E-state index contributed by atoms with van der Waals surface area (Å²) in [6.07, 6.45) is 4.86. The molecular weight excluding hydrogens is 276 g/mol. The molecule has 2 aliphatic rings. The minimum atomic E-state index is 0.195. The number of fused-ring (bicyclic) bond motifs is 1. The van der Waals surface area contributed by atoms with Gasteiger partial charge in [0.1, 0.15) is 4.88 Å². The Morgan fingerprint density at radius 3 is 2.80 bits per heavy atom. The standard InChI is InChI=1S/C10H11BrN2OS/c11-10-12-7-5-13(6-3-1-2-4-6)9(14)8(7)15-10/h6H,1-5H2. The van der Waals surface area contributed by atoms with Gasteiger partial charge < -0.3 is 4.90 Å². The lowest BCUT2D eigenvalue weighted by Crippen LogP contribution is -2.33. The molecule has 5 heteroatoms. The van der Waals surface area contributed by atoms with Gasteiger partial charge in [0.2, 0.25) is 0 Å². The van der Waals surface area contributed by atoms with Crippen LogP contribution in [0.3, 0.4) is 0 Å². The van der Waals surface area contributed by atoms with E-state index in [0.717, 1.165) is 21.0 Å². The smallest absolute Gasteiger partial charge is 0.266 e. The third-order valence-corrected chi connectivity index (χ3v) is 4.75. The Morgan fingerprint density at radius 1 is 1.40 bits per heavy atom. The van der Waals surface area contributed by atoms with Gasteiger partial charge in [0.05, 0.1) is 12.2 Å². The quantitative estimate of drug-likeness (QED) is 0.795. The number of nitrogens with zero attached hydrogens (tertiary/aromatic N) is 2. The van der Waals surface area contributed by atoms with Gasteiger partial charge in [-0.1, -0.05) is 12.8 Å². The molecule has 1 aliphatic heterocycles. The molecule has 0 spiro atoms. The van der Waals surface area contributed by atoms with Crippen molar-refractivity contribution < 1.29 is 4.79 Å². The zero-order chi connectivity index (χ0) is 10.4. The van der Waals surface area contributed by atoms with Crippen molar-refractivity contribution in [3.05, 3.63) is 14.5 Å². The van der Waals surface area contributed by atoms with E-state index in [2.05, 4.69) is 20.9 Å². The van der Waals surface area contributed by atoms with Gasteiger partial charge in [-0.25, -0.2) is 4.98 Å². The molecule has 15 heavy (non-hydrogen) atoms. The number of hydrogen-bond acceptors (Lipinski definition) is 3. The van der Waals surface area contributed by atoms with E-state index in [1.165, 1.54) is 37.0 Å². The molecule has 1 aliphatic carbocycles. The molecule has 0 bridgehead atoms.